The van der Waals surface area contributed by atoms with Gasteiger partial charge in [-0.25, -0.2) is 0 Å². The Kier molecular flexibility index (Phi) is 3.56. The third-order valence-electron chi connectivity index (χ3n) is 3.78. The fraction of sp³-hybridized carbons (Fsp3) is 0.312. The highest BCUT2D eigenvalue weighted by Gasteiger charge is 2.31. The zero-order chi connectivity index (χ0) is 13.9. The van der Waals surface area contributed by atoms with E-state index in [0.29, 0.717) is 18.2 Å². The molecular formula is C16H19N3O. The van der Waals surface area contributed by atoms with E-state index in [2.05, 4.69) is 10.3 Å². The van der Waals surface area contributed by atoms with Gasteiger partial charge in [-0.3, -0.25) is 4.79 Å². The van der Waals surface area contributed by atoms with Crippen LogP contribution in [-0.2, 0) is 0 Å². The lowest BCUT2D eigenvalue weighted by Gasteiger charge is -2.15. The summed E-state index contributed by atoms with van der Waals surface area (Å²) in [5.41, 5.74) is 8.32. The zero-order valence-electron chi connectivity index (χ0n) is 11.3. The van der Waals surface area contributed by atoms with Crippen LogP contribution in [-0.4, -0.2) is 23.5 Å². The van der Waals surface area contributed by atoms with Gasteiger partial charge in [0, 0.05) is 18.3 Å². The number of H-pyrrole nitrogens is 1. The molecule has 1 aromatic carbocycles. The summed E-state index contributed by atoms with van der Waals surface area (Å²) in [6.45, 7) is 0.503. The van der Waals surface area contributed by atoms with Crippen LogP contribution < -0.4 is 11.1 Å². The van der Waals surface area contributed by atoms with Gasteiger partial charge in [0.15, 0.2) is 0 Å². The second kappa shape index (κ2) is 5.51. The van der Waals surface area contributed by atoms with E-state index in [9.17, 15) is 4.79 Å². The van der Waals surface area contributed by atoms with Gasteiger partial charge in [-0.1, -0.05) is 30.3 Å². The topological polar surface area (TPSA) is 70.9 Å². The number of hydrogen-bond acceptors (Lipinski definition) is 2. The number of nitrogens with two attached hydrogens (primary N) is 1. The van der Waals surface area contributed by atoms with Crippen molar-refractivity contribution in [1.82, 2.24) is 10.3 Å². The van der Waals surface area contributed by atoms with E-state index in [0.717, 1.165) is 11.3 Å². The van der Waals surface area contributed by atoms with Gasteiger partial charge in [-0.2, -0.15) is 0 Å². The fourth-order valence-electron chi connectivity index (χ4n) is 2.43. The van der Waals surface area contributed by atoms with E-state index in [4.69, 9.17) is 5.73 Å². The summed E-state index contributed by atoms with van der Waals surface area (Å²) in [7, 11) is 0. The molecule has 1 aromatic heterocycles. The predicted octanol–water partition coefficient (Wildman–Crippen LogP) is 2.15. The first-order chi connectivity index (χ1) is 9.78. The monoisotopic (exact) mass is 269 g/mol. The van der Waals surface area contributed by atoms with E-state index in [-0.39, 0.29) is 11.9 Å². The Morgan fingerprint density at radius 2 is 2.00 bits per heavy atom. The number of hydrogen-bond donors (Lipinski definition) is 3. The maximum Gasteiger partial charge on any atom is 0.267 e. The standard InChI is InChI=1S/C16H19N3O/c17-10-15(12-6-7-12)19-16(20)14-9-8-13(18-14)11-4-2-1-3-5-11/h1-5,8-9,12,15,18H,6-7,10,17H2,(H,19,20). The van der Waals surface area contributed by atoms with Crippen molar-refractivity contribution in [2.75, 3.05) is 6.54 Å². The Morgan fingerprint density at radius 3 is 2.65 bits per heavy atom. The summed E-state index contributed by atoms with van der Waals surface area (Å²) in [5, 5.41) is 3.01. The van der Waals surface area contributed by atoms with Gasteiger partial charge >= 0.3 is 0 Å². The van der Waals surface area contributed by atoms with Crippen LogP contribution >= 0.6 is 0 Å². The molecule has 2 aromatic rings. The molecule has 0 saturated heterocycles. The lowest BCUT2D eigenvalue weighted by Crippen LogP contribution is -2.41. The SMILES string of the molecule is NCC(NC(=O)c1ccc(-c2ccccc2)[nH]1)C1CC1. The number of rotatable bonds is 5. The molecule has 1 atom stereocenters. The fourth-order valence-corrected chi connectivity index (χ4v) is 2.43. The number of aromatic nitrogens is 1. The van der Waals surface area contributed by atoms with Gasteiger partial charge in [0.25, 0.3) is 5.91 Å². The van der Waals surface area contributed by atoms with Crippen LogP contribution in [0, 0.1) is 5.92 Å². The summed E-state index contributed by atoms with van der Waals surface area (Å²) in [4.78, 5) is 15.4. The van der Waals surface area contributed by atoms with E-state index in [1.807, 2.05) is 42.5 Å². The van der Waals surface area contributed by atoms with Crippen LogP contribution in [0.5, 0.6) is 0 Å². The summed E-state index contributed by atoms with van der Waals surface area (Å²) in [6.07, 6.45) is 2.34. The zero-order valence-corrected chi connectivity index (χ0v) is 11.3. The molecule has 1 unspecified atom stereocenters. The smallest absolute Gasteiger partial charge is 0.267 e. The minimum atomic E-state index is -0.0745. The van der Waals surface area contributed by atoms with Gasteiger partial charge in [0.05, 0.1) is 0 Å². The maximum absolute atomic E-state index is 12.2. The van der Waals surface area contributed by atoms with Gasteiger partial charge in [0.2, 0.25) is 0 Å². The van der Waals surface area contributed by atoms with Crippen molar-refractivity contribution in [2.24, 2.45) is 11.7 Å². The Bertz CT molecular complexity index is 587. The Labute approximate surface area is 118 Å². The second-order valence-electron chi connectivity index (χ2n) is 5.30. The molecule has 4 nitrogen and oxygen atoms in total. The van der Waals surface area contributed by atoms with Crippen LogP contribution in [0.1, 0.15) is 23.3 Å². The molecule has 20 heavy (non-hydrogen) atoms. The first kappa shape index (κ1) is 12.9. The highest BCUT2D eigenvalue weighted by atomic mass is 16.1. The molecule has 0 spiro atoms. The predicted molar refractivity (Wildman–Crippen MR) is 79.3 cm³/mol. The molecule has 4 heteroatoms. The van der Waals surface area contributed by atoms with Gasteiger partial charge < -0.3 is 16.0 Å². The number of carbonyl (C=O) groups excluding carboxylic acids is 1. The Morgan fingerprint density at radius 1 is 1.25 bits per heavy atom. The molecule has 1 fully saturated rings. The number of benzene rings is 1. The summed E-state index contributed by atoms with van der Waals surface area (Å²) < 4.78 is 0. The normalized spacial score (nSPS) is 15.8. The van der Waals surface area contributed by atoms with E-state index >= 15 is 0 Å². The third-order valence-corrected chi connectivity index (χ3v) is 3.78. The van der Waals surface area contributed by atoms with Crippen molar-refractivity contribution in [1.29, 1.82) is 0 Å². The molecular weight excluding hydrogens is 250 g/mol. The van der Waals surface area contributed by atoms with Crippen molar-refractivity contribution in [2.45, 2.75) is 18.9 Å². The van der Waals surface area contributed by atoms with E-state index in [1.54, 1.807) is 0 Å². The van der Waals surface area contributed by atoms with Crippen LogP contribution in [0.4, 0.5) is 0 Å². The molecule has 0 aliphatic heterocycles. The minimum absolute atomic E-state index is 0.0745. The van der Waals surface area contributed by atoms with Crippen LogP contribution in [0.3, 0.4) is 0 Å². The Hall–Kier alpha value is -2.07. The molecule has 3 rings (SSSR count). The van der Waals surface area contributed by atoms with Crippen molar-refractivity contribution >= 4 is 5.91 Å². The number of carbonyl (C=O) groups is 1. The average Bonchev–Trinajstić information content (AvgIpc) is 3.21. The number of aromatic amines is 1. The molecule has 0 radical (unpaired) electrons. The lowest BCUT2D eigenvalue weighted by molar-refractivity contribution is 0.0929. The molecule has 104 valence electrons. The maximum atomic E-state index is 12.2. The summed E-state index contributed by atoms with van der Waals surface area (Å²) >= 11 is 0. The third kappa shape index (κ3) is 2.75. The first-order valence-electron chi connectivity index (χ1n) is 7.03. The van der Waals surface area contributed by atoms with Crippen molar-refractivity contribution in [3.8, 4) is 11.3 Å². The van der Waals surface area contributed by atoms with Crippen molar-refractivity contribution in [3.05, 3.63) is 48.2 Å². The first-order valence-corrected chi connectivity index (χ1v) is 7.03. The number of amides is 1. The quantitative estimate of drug-likeness (QED) is 0.778. The van der Waals surface area contributed by atoms with E-state index in [1.165, 1.54) is 12.8 Å². The highest BCUT2D eigenvalue weighted by Crippen LogP contribution is 2.32. The average molecular weight is 269 g/mol. The molecule has 4 N–H and O–H groups in total. The largest absolute Gasteiger partial charge is 0.351 e. The van der Waals surface area contributed by atoms with E-state index < -0.39 is 0 Å². The van der Waals surface area contributed by atoms with Crippen LogP contribution in [0.15, 0.2) is 42.5 Å². The lowest BCUT2D eigenvalue weighted by atomic mass is 10.2. The second-order valence-corrected chi connectivity index (χ2v) is 5.30. The summed E-state index contributed by atoms with van der Waals surface area (Å²) in [6, 6.07) is 13.8. The molecule has 0 bridgehead atoms. The van der Waals surface area contributed by atoms with Gasteiger partial charge in [-0.05, 0) is 36.5 Å². The van der Waals surface area contributed by atoms with Crippen LogP contribution in [0.2, 0.25) is 0 Å². The van der Waals surface area contributed by atoms with Crippen molar-refractivity contribution in [3.63, 3.8) is 0 Å². The summed E-state index contributed by atoms with van der Waals surface area (Å²) in [5.74, 6) is 0.488. The highest BCUT2D eigenvalue weighted by molar-refractivity contribution is 5.93. The molecule has 1 heterocycles. The molecule has 1 aliphatic rings. The molecule has 1 aliphatic carbocycles. The number of nitrogens with one attached hydrogen (secondary N) is 2. The Balaban J connectivity index is 1.71. The molecule has 1 amide bonds. The minimum Gasteiger partial charge on any atom is -0.351 e. The molecule has 1 saturated carbocycles. The van der Waals surface area contributed by atoms with Gasteiger partial charge in [-0.15, -0.1) is 0 Å². The van der Waals surface area contributed by atoms with Gasteiger partial charge in [0.1, 0.15) is 5.69 Å². The van der Waals surface area contributed by atoms with Crippen LogP contribution in [0.25, 0.3) is 11.3 Å². The van der Waals surface area contributed by atoms with Crippen molar-refractivity contribution < 1.29 is 4.79 Å².